The van der Waals surface area contributed by atoms with Gasteiger partial charge >= 0.3 is 6.03 Å². The van der Waals surface area contributed by atoms with Crippen molar-refractivity contribution in [3.8, 4) is 0 Å². The fourth-order valence-corrected chi connectivity index (χ4v) is 3.14. The maximum absolute atomic E-state index is 13.7. The molecule has 1 aromatic carbocycles. The molecule has 1 fully saturated rings. The van der Waals surface area contributed by atoms with E-state index >= 15 is 0 Å². The molecule has 0 spiro atoms. The highest BCUT2D eigenvalue weighted by Gasteiger charge is 2.29. The molecule has 8 heteroatoms. The minimum absolute atomic E-state index is 0.0310. The van der Waals surface area contributed by atoms with Gasteiger partial charge in [0.1, 0.15) is 5.82 Å². The molecule has 0 aliphatic carbocycles. The van der Waals surface area contributed by atoms with Gasteiger partial charge in [0.05, 0.1) is 11.8 Å². The van der Waals surface area contributed by atoms with Gasteiger partial charge in [-0.15, -0.1) is 0 Å². The SMILES string of the molecule is CC[C@H]1CN(C(=O)Nc2ccc(F)c(NC(C)=O)c2)CCN1C[C@H](C)O. The molecular formula is C18H27FN4O3. The number of urea groups is 1. The number of hydrogen-bond donors (Lipinski definition) is 3. The number of β-amino-alcohol motifs (C(OH)–C–C–N with tert-alkyl or cyclic N) is 1. The van der Waals surface area contributed by atoms with Crippen LogP contribution in [0.4, 0.5) is 20.6 Å². The van der Waals surface area contributed by atoms with E-state index in [-0.39, 0.29) is 23.7 Å². The molecule has 2 atom stereocenters. The number of piperazine rings is 1. The van der Waals surface area contributed by atoms with Crippen molar-refractivity contribution in [1.29, 1.82) is 0 Å². The summed E-state index contributed by atoms with van der Waals surface area (Å²) >= 11 is 0. The summed E-state index contributed by atoms with van der Waals surface area (Å²) in [6.07, 6.45) is 0.468. The summed E-state index contributed by atoms with van der Waals surface area (Å²) in [4.78, 5) is 27.6. The largest absolute Gasteiger partial charge is 0.392 e. The van der Waals surface area contributed by atoms with Crippen molar-refractivity contribution >= 4 is 23.3 Å². The second-order valence-corrected chi connectivity index (χ2v) is 6.66. The minimum Gasteiger partial charge on any atom is -0.392 e. The molecule has 144 valence electrons. The average Bonchev–Trinajstić information content (AvgIpc) is 2.57. The lowest BCUT2D eigenvalue weighted by molar-refractivity contribution is -0.114. The van der Waals surface area contributed by atoms with Gasteiger partial charge in [-0.3, -0.25) is 9.69 Å². The van der Waals surface area contributed by atoms with E-state index in [2.05, 4.69) is 22.5 Å². The number of nitrogens with zero attached hydrogens (tertiary/aromatic N) is 2. The van der Waals surface area contributed by atoms with E-state index in [4.69, 9.17) is 0 Å². The summed E-state index contributed by atoms with van der Waals surface area (Å²) in [5.41, 5.74) is 0.447. The Hall–Kier alpha value is -2.19. The lowest BCUT2D eigenvalue weighted by Crippen LogP contribution is -2.56. The normalized spacial score (nSPS) is 19.1. The second-order valence-electron chi connectivity index (χ2n) is 6.66. The third kappa shape index (κ3) is 5.40. The first-order valence-corrected chi connectivity index (χ1v) is 8.85. The Kier molecular flexibility index (Phi) is 6.93. The number of benzene rings is 1. The zero-order valence-electron chi connectivity index (χ0n) is 15.5. The molecule has 0 unspecified atom stereocenters. The number of aliphatic hydroxyl groups excluding tert-OH is 1. The van der Waals surface area contributed by atoms with E-state index in [0.717, 1.165) is 6.42 Å². The molecule has 0 radical (unpaired) electrons. The lowest BCUT2D eigenvalue weighted by atomic mass is 10.1. The molecule has 0 bridgehead atoms. The van der Waals surface area contributed by atoms with E-state index in [0.29, 0.717) is 31.9 Å². The summed E-state index contributed by atoms with van der Waals surface area (Å²) in [7, 11) is 0. The number of hydrogen-bond acceptors (Lipinski definition) is 4. The van der Waals surface area contributed by atoms with E-state index in [1.807, 2.05) is 0 Å². The van der Waals surface area contributed by atoms with Crippen molar-refractivity contribution in [3.63, 3.8) is 0 Å². The summed E-state index contributed by atoms with van der Waals surface area (Å²) in [5.74, 6) is -0.941. The lowest BCUT2D eigenvalue weighted by Gasteiger charge is -2.41. The van der Waals surface area contributed by atoms with E-state index < -0.39 is 11.9 Å². The molecule has 26 heavy (non-hydrogen) atoms. The van der Waals surface area contributed by atoms with Crippen LogP contribution in [0.25, 0.3) is 0 Å². The fraction of sp³-hybridized carbons (Fsp3) is 0.556. The van der Waals surface area contributed by atoms with Gasteiger partial charge in [0, 0.05) is 44.8 Å². The van der Waals surface area contributed by atoms with Crippen molar-refractivity contribution in [1.82, 2.24) is 9.80 Å². The van der Waals surface area contributed by atoms with Crippen LogP contribution < -0.4 is 10.6 Å². The first-order valence-electron chi connectivity index (χ1n) is 8.85. The Morgan fingerprint density at radius 1 is 1.35 bits per heavy atom. The number of carbonyl (C=O) groups is 2. The molecule has 0 aromatic heterocycles. The van der Waals surface area contributed by atoms with Crippen LogP contribution >= 0.6 is 0 Å². The number of nitrogens with one attached hydrogen (secondary N) is 2. The van der Waals surface area contributed by atoms with E-state index in [1.54, 1.807) is 11.8 Å². The van der Waals surface area contributed by atoms with Gasteiger partial charge in [0.25, 0.3) is 0 Å². The molecule has 7 nitrogen and oxygen atoms in total. The molecule has 1 aliphatic heterocycles. The Balaban J connectivity index is 2.01. The molecule has 2 rings (SSSR count). The van der Waals surface area contributed by atoms with Crippen LogP contribution in [0.15, 0.2) is 18.2 Å². The zero-order valence-corrected chi connectivity index (χ0v) is 15.5. The van der Waals surface area contributed by atoms with Gasteiger partial charge in [0.2, 0.25) is 5.91 Å². The Morgan fingerprint density at radius 2 is 2.08 bits per heavy atom. The van der Waals surface area contributed by atoms with E-state index in [1.165, 1.54) is 25.1 Å². The van der Waals surface area contributed by atoms with Crippen LogP contribution in [-0.2, 0) is 4.79 Å². The number of amides is 3. The number of aliphatic hydroxyl groups is 1. The number of rotatable bonds is 5. The smallest absolute Gasteiger partial charge is 0.321 e. The van der Waals surface area contributed by atoms with Crippen LogP contribution in [0, 0.1) is 5.82 Å². The monoisotopic (exact) mass is 366 g/mol. The first kappa shape index (κ1) is 20.1. The van der Waals surface area contributed by atoms with Crippen LogP contribution in [0.1, 0.15) is 27.2 Å². The second kappa shape index (κ2) is 8.95. The first-order chi connectivity index (χ1) is 12.3. The van der Waals surface area contributed by atoms with Crippen molar-refractivity contribution in [2.75, 3.05) is 36.8 Å². The molecule has 1 heterocycles. The maximum atomic E-state index is 13.7. The molecule has 3 N–H and O–H groups in total. The van der Waals surface area contributed by atoms with Crippen LogP contribution in [-0.4, -0.2) is 65.2 Å². The van der Waals surface area contributed by atoms with E-state index in [9.17, 15) is 19.1 Å². The third-order valence-electron chi connectivity index (χ3n) is 4.39. The summed E-state index contributed by atoms with van der Waals surface area (Å²) in [6.45, 7) is 7.50. The number of anilines is 2. The average molecular weight is 366 g/mol. The van der Waals surface area contributed by atoms with Crippen molar-refractivity contribution in [2.24, 2.45) is 0 Å². The molecular weight excluding hydrogens is 339 g/mol. The predicted molar refractivity (Wildman–Crippen MR) is 98.6 cm³/mol. The molecule has 3 amide bonds. The summed E-state index contributed by atoms with van der Waals surface area (Å²) in [6, 6.07) is 3.98. The van der Waals surface area contributed by atoms with Crippen LogP contribution in [0.3, 0.4) is 0 Å². The van der Waals surface area contributed by atoms with Crippen LogP contribution in [0.5, 0.6) is 0 Å². The highest BCUT2D eigenvalue weighted by atomic mass is 19.1. The standard InChI is InChI=1S/C18H27FN4O3/c1-4-15-11-23(8-7-22(15)10-12(2)24)18(26)21-14-5-6-16(19)17(9-14)20-13(3)25/h5-6,9,12,15,24H,4,7-8,10-11H2,1-3H3,(H,20,25)(H,21,26)/t12-,15-/m0/s1. The van der Waals surface area contributed by atoms with Gasteiger partial charge in [-0.2, -0.15) is 0 Å². The Labute approximate surface area is 153 Å². The van der Waals surface area contributed by atoms with Crippen molar-refractivity contribution in [3.05, 3.63) is 24.0 Å². The maximum Gasteiger partial charge on any atom is 0.321 e. The highest BCUT2D eigenvalue weighted by molar-refractivity contribution is 5.92. The van der Waals surface area contributed by atoms with Crippen molar-refractivity contribution in [2.45, 2.75) is 39.3 Å². The van der Waals surface area contributed by atoms with Crippen LogP contribution in [0.2, 0.25) is 0 Å². The van der Waals surface area contributed by atoms with Gasteiger partial charge in [0.15, 0.2) is 0 Å². The molecule has 1 aliphatic rings. The summed E-state index contributed by atoms with van der Waals surface area (Å²) in [5, 5.41) is 14.8. The molecule has 0 saturated carbocycles. The van der Waals surface area contributed by atoms with Crippen molar-refractivity contribution < 1.29 is 19.1 Å². The Bertz CT molecular complexity index is 653. The van der Waals surface area contributed by atoms with Gasteiger partial charge < -0.3 is 20.6 Å². The predicted octanol–water partition coefficient (Wildman–Crippen LogP) is 2.09. The van der Waals surface area contributed by atoms with Gasteiger partial charge in [-0.05, 0) is 31.5 Å². The highest BCUT2D eigenvalue weighted by Crippen LogP contribution is 2.21. The van der Waals surface area contributed by atoms with Gasteiger partial charge in [-0.1, -0.05) is 6.92 Å². The molecule has 1 aromatic rings. The number of carbonyl (C=O) groups excluding carboxylic acids is 2. The topological polar surface area (TPSA) is 84.9 Å². The Morgan fingerprint density at radius 3 is 2.69 bits per heavy atom. The minimum atomic E-state index is -0.559. The van der Waals surface area contributed by atoms with Gasteiger partial charge in [-0.25, -0.2) is 9.18 Å². The fourth-order valence-electron chi connectivity index (χ4n) is 3.14. The quantitative estimate of drug-likeness (QED) is 0.745. The number of halogens is 1. The zero-order chi connectivity index (χ0) is 19.3. The molecule has 1 saturated heterocycles. The summed E-state index contributed by atoms with van der Waals surface area (Å²) < 4.78 is 13.7. The third-order valence-corrected chi connectivity index (χ3v) is 4.39.